The molecule has 3 rings (SSSR count). The van der Waals surface area contributed by atoms with Crippen molar-refractivity contribution in [2.75, 3.05) is 13.1 Å². The maximum atomic E-state index is 12.5. The number of rotatable bonds is 5. The van der Waals surface area contributed by atoms with Crippen molar-refractivity contribution < 1.29 is 9.53 Å². The van der Waals surface area contributed by atoms with Crippen LogP contribution < -0.4 is 4.74 Å². The Bertz CT molecular complexity index is 774. The molecule has 2 unspecified atom stereocenters. The number of aromatic nitrogens is 1. The van der Waals surface area contributed by atoms with Crippen LogP contribution in [-0.4, -0.2) is 28.9 Å². The maximum absolute atomic E-state index is 12.5. The Morgan fingerprint density at radius 3 is 2.73 bits per heavy atom. The lowest BCUT2D eigenvalue weighted by Crippen LogP contribution is -2.41. The standard InChI is InChI=1S/C21H26N2O2S/c1-15-10-16(2)12-23(11-15)21(24)9-8-18-6-4-5-7-20(18)25-13-19-14-26-17(3)22-19/h4-9,14-16H,10-13H2,1-3H3/b9-8+. The summed E-state index contributed by atoms with van der Waals surface area (Å²) in [7, 11) is 0. The van der Waals surface area contributed by atoms with E-state index in [9.17, 15) is 4.79 Å². The second-order valence-electron chi connectivity index (χ2n) is 7.21. The summed E-state index contributed by atoms with van der Waals surface area (Å²) in [6.07, 6.45) is 4.72. The Morgan fingerprint density at radius 1 is 1.31 bits per heavy atom. The van der Waals surface area contributed by atoms with Gasteiger partial charge in [0.15, 0.2) is 0 Å². The quantitative estimate of drug-likeness (QED) is 0.725. The number of carbonyl (C=O) groups excluding carboxylic acids is 1. The molecule has 0 aliphatic carbocycles. The van der Waals surface area contributed by atoms with Gasteiger partial charge < -0.3 is 9.64 Å². The SMILES string of the molecule is Cc1nc(COc2ccccc2/C=C/C(=O)N2CC(C)CC(C)C2)cs1. The van der Waals surface area contributed by atoms with E-state index in [1.165, 1.54) is 6.42 Å². The first kappa shape index (κ1) is 18.6. The van der Waals surface area contributed by atoms with Crippen LogP contribution in [0.3, 0.4) is 0 Å². The summed E-state index contributed by atoms with van der Waals surface area (Å²) in [6, 6.07) is 7.78. The third-order valence-corrected chi connectivity index (χ3v) is 5.37. The van der Waals surface area contributed by atoms with E-state index >= 15 is 0 Å². The van der Waals surface area contributed by atoms with Crippen LogP contribution in [0.2, 0.25) is 0 Å². The first-order valence-corrected chi connectivity index (χ1v) is 9.99. The number of piperidine rings is 1. The highest BCUT2D eigenvalue weighted by Gasteiger charge is 2.24. The number of likely N-dealkylation sites (tertiary alicyclic amines) is 1. The van der Waals surface area contributed by atoms with E-state index in [1.54, 1.807) is 17.4 Å². The van der Waals surface area contributed by atoms with Gasteiger partial charge in [0.05, 0.1) is 10.7 Å². The summed E-state index contributed by atoms with van der Waals surface area (Å²) in [5.41, 5.74) is 1.84. The molecule has 5 heteroatoms. The number of para-hydroxylation sites is 1. The minimum absolute atomic E-state index is 0.0772. The molecule has 1 aliphatic rings. The minimum Gasteiger partial charge on any atom is -0.487 e. The summed E-state index contributed by atoms with van der Waals surface area (Å²) < 4.78 is 5.92. The number of thiazole rings is 1. The number of aryl methyl sites for hydroxylation is 1. The predicted molar refractivity (Wildman–Crippen MR) is 106 cm³/mol. The van der Waals surface area contributed by atoms with Crippen LogP contribution in [0.4, 0.5) is 0 Å². The topological polar surface area (TPSA) is 42.4 Å². The lowest BCUT2D eigenvalue weighted by Gasteiger charge is -2.34. The molecule has 0 saturated carbocycles. The van der Waals surface area contributed by atoms with Gasteiger partial charge in [-0.25, -0.2) is 4.98 Å². The summed E-state index contributed by atoms with van der Waals surface area (Å²) in [4.78, 5) is 18.9. The molecular weight excluding hydrogens is 344 g/mol. The highest BCUT2D eigenvalue weighted by molar-refractivity contribution is 7.09. The summed E-state index contributed by atoms with van der Waals surface area (Å²) in [6.45, 7) is 8.53. The van der Waals surface area contributed by atoms with E-state index in [0.717, 1.165) is 35.1 Å². The molecule has 26 heavy (non-hydrogen) atoms. The van der Waals surface area contributed by atoms with Gasteiger partial charge in [-0.1, -0.05) is 32.0 Å². The number of amides is 1. The third kappa shape index (κ3) is 4.94. The van der Waals surface area contributed by atoms with Crippen molar-refractivity contribution in [3.63, 3.8) is 0 Å². The van der Waals surface area contributed by atoms with Crippen molar-refractivity contribution in [3.8, 4) is 5.75 Å². The number of benzene rings is 1. The average Bonchev–Trinajstić information content (AvgIpc) is 3.03. The molecule has 1 saturated heterocycles. The third-order valence-electron chi connectivity index (χ3n) is 4.55. The van der Waals surface area contributed by atoms with Crippen LogP contribution in [0.15, 0.2) is 35.7 Å². The zero-order chi connectivity index (χ0) is 18.5. The van der Waals surface area contributed by atoms with Gasteiger partial charge in [0, 0.05) is 30.1 Å². The zero-order valence-corrected chi connectivity index (χ0v) is 16.5. The number of carbonyl (C=O) groups is 1. The molecule has 2 aromatic rings. The molecule has 0 spiro atoms. The van der Waals surface area contributed by atoms with E-state index in [1.807, 2.05) is 47.5 Å². The van der Waals surface area contributed by atoms with E-state index < -0.39 is 0 Å². The normalized spacial score (nSPS) is 20.5. The molecule has 138 valence electrons. The first-order valence-electron chi connectivity index (χ1n) is 9.11. The van der Waals surface area contributed by atoms with Crippen LogP contribution in [0.5, 0.6) is 5.75 Å². The second kappa shape index (κ2) is 8.49. The molecule has 1 aliphatic heterocycles. The fraction of sp³-hybridized carbons (Fsp3) is 0.429. The smallest absolute Gasteiger partial charge is 0.246 e. The van der Waals surface area contributed by atoms with Crippen LogP contribution in [0.25, 0.3) is 6.08 Å². The Labute approximate surface area is 159 Å². The van der Waals surface area contributed by atoms with E-state index in [2.05, 4.69) is 18.8 Å². The molecular formula is C21H26N2O2S. The molecule has 0 radical (unpaired) electrons. The molecule has 2 heterocycles. The molecule has 0 N–H and O–H groups in total. The number of ether oxygens (including phenoxy) is 1. The average molecular weight is 371 g/mol. The molecule has 1 aromatic heterocycles. The van der Waals surface area contributed by atoms with E-state index in [0.29, 0.717) is 18.4 Å². The summed E-state index contributed by atoms with van der Waals surface area (Å²) >= 11 is 1.62. The highest BCUT2D eigenvalue weighted by Crippen LogP contribution is 2.23. The van der Waals surface area contributed by atoms with Gasteiger partial charge in [0.25, 0.3) is 0 Å². The predicted octanol–water partition coefficient (Wildman–Crippen LogP) is 4.55. The number of hydrogen-bond donors (Lipinski definition) is 0. The highest BCUT2D eigenvalue weighted by atomic mass is 32.1. The van der Waals surface area contributed by atoms with E-state index in [-0.39, 0.29) is 5.91 Å². The maximum Gasteiger partial charge on any atom is 0.246 e. The van der Waals surface area contributed by atoms with Crippen molar-refractivity contribution in [2.24, 2.45) is 11.8 Å². The molecule has 1 aromatic carbocycles. The Balaban J connectivity index is 1.65. The van der Waals surface area contributed by atoms with Crippen molar-refractivity contribution in [2.45, 2.75) is 33.8 Å². The van der Waals surface area contributed by atoms with Crippen LogP contribution in [-0.2, 0) is 11.4 Å². The fourth-order valence-electron chi connectivity index (χ4n) is 3.49. The van der Waals surface area contributed by atoms with Gasteiger partial charge in [-0.05, 0) is 37.3 Å². The van der Waals surface area contributed by atoms with Gasteiger partial charge in [-0.2, -0.15) is 0 Å². The van der Waals surface area contributed by atoms with Crippen molar-refractivity contribution >= 4 is 23.3 Å². The molecule has 2 atom stereocenters. The van der Waals surface area contributed by atoms with Crippen molar-refractivity contribution in [1.29, 1.82) is 0 Å². The monoisotopic (exact) mass is 370 g/mol. The van der Waals surface area contributed by atoms with Crippen LogP contribution in [0.1, 0.15) is 36.5 Å². The van der Waals surface area contributed by atoms with Gasteiger partial charge >= 0.3 is 0 Å². The van der Waals surface area contributed by atoms with Crippen molar-refractivity contribution in [1.82, 2.24) is 9.88 Å². The van der Waals surface area contributed by atoms with Gasteiger partial charge in [-0.15, -0.1) is 11.3 Å². The van der Waals surface area contributed by atoms with Crippen molar-refractivity contribution in [3.05, 3.63) is 52.0 Å². The van der Waals surface area contributed by atoms with Crippen LogP contribution in [0, 0.1) is 18.8 Å². The molecule has 4 nitrogen and oxygen atoms in total. The lowest BCUT2D eigenvalue weighted by atomic mass is 9.92. The number of hydrogen-bond acceptors (Lipinski definition) is 4. The second-order valence-corrected chi connectivity index (χ2v) is 8.27. The fourth-order valence-corrected chi connectivity index (χ4v) is 4.08. The number of nitrogens with zero attached hydrogens (tertiary/aromatic N) is 2. The van der Waals surface area contributed by atoms with Crippen LogP contribution >= 0.6 is 11.3 Å². The Kier molecular flexibility index (Phi) is 6.09. The van der Waals surface area contributed by atoms with Gasteiger partial charge in [0.2, 0.25) is 5.91 Å². The molecule has 1 amide bonds. The minimum atomic E-state index is 0.0772. The zero-order valence-electron chi connectivity index (χ0n) is 15.6. The van der Waals surface area contributed by atoms with E-state index in [4.69, 9.17) is 4.74 Å². The Hall–Kier alpha value is -2.14. The molecule has 0 bridgehead atoms. The summed E-state index contributed by atoms with van der Waals surface area (Å²) in [5.74, 6) is 1.97. The van der Waals surface area contributed by atoms with Gasteiger partial charge in [0.1, 0.15) is 12.4 Å². The van der Waals surface area contributed by atoms with Gasteiger partial charge in [-0.3, -0.25) is 4.79 Å². The molecule has 1 fully saturated rings. The largest absolute Gasteiger partial charge is 0.487 e. The lowest BCUT2D eigenvalue weighted by molar-refractivity contribution is -0.128. The summed E-state index contributed by atoms with van der Waals surface area (Å²) in [5, 5.41) is 3.04. The Morgan fingerprint density at radius 2 is 2.04 bits per heavy atom. The first-order chi connectivity index (χ1) is 12.5.